The van der Waals surface area contributed by atoms with E-state index in [1.54, 1.807) is 7.11 Å². The second-order valence-corrected chi connectivity index (χ2v) is 9.01. The number of carbonyl (C=O) groups is 1. The van der Waals surface area contributed by atoms with Gasteiger partial charge in [-0.15, -0.1) is 0 Å². The maximum absolute atomic E-state index is 13.1. The smallest absolute Gasteiger partial charge is 0.230 e. The number of nitrogens with zero attached hydrogens (tertiary/aromatic N) is 2. The molecule has 1 heterocycles. The van der Waals surface area contributed by atoms with Gasteiger partial charge in [-0.25, -0.2) is 9.97 Å². The average Bonchev–Trinajstić information content (AvgIpc) is 2.92. The van der Waals surface area contributed by atoms with Crippen LogP contribution in [0.2, 0.25) is 0 Å². The van der Waals surface area contributed by atoms with Gasteiger partial charge in [-0.1, -0.05) is 72.8 Å². The van der Waals surface area contributed by atoms with E-state index in [4.69, 9.17) is 14.7 Å². The zero-order chi connectivity index (χ0) is 24.5. The van der Waals surface area contributed by atoms with Gasteiger partial charge in [0, 0.05) is 11.1 Å². The fraction of sp³-hybridized carbons (Fsp3) is 0.129. The molecule has 1 aliphatic carbocycles. The third kappa shape index (κ3) is 4.20. The highest BCUT2D eigenvalue weighted by atomic mass is 16.5. The van der Waals surface area contributed by atoms with Gasteiger partial charge in [0.25, 0.3) is 0 Å². The third-order valence-corrected chi connectivity index (χ3v) is 6.65. The number of ether oxygens (including phenoxy) is 1. The predicted octanol–water partition coefficient (Wildman–Crippen LogP) is 6.25. The van der Waals surface area contributed by atoms with Gasteiger partial charge in [-0.2, -0.15) is 0 Å². The van der Waals surface area contributed by atoms with Gasteiger partial charge in [0.1, 0.15) is 11.4 Å². The number of carbonyl (C=O) groups excluding carboxylic acids is 1. The molecule has 0 saturated carbocycles. The van der Waals surface area contributed by atoms with Gasteiger partial charge in [-0.3, -0.25) is 4.79 Å². The molecule has 36 heavy (non-hydrogen) atoms. The first-order valence-corrected chi connectivity index (χ1v) is 12.1. The quantitative estimate of drug-likeness (QED) is 0.329. The van der Waals surface area contributed by atoms with Crippen LogP contribution >= 0.6 is 0 Å². The van der Waals surface area contributed by atoms with Crippen LogP contribution in [0.3, 0.4) is 0 Å². The Morgan fingerprint density at radius 2 is 1.64 bits per heavy atom. The van der Waals surface area contributed by atoms with Gasteiger partial charge in [0.15, 0.2) is 5.82 Å². The molecule has 0 bridgehead atoms. The van der Waals surface area contributed by atoms with E-state index < -0.39 is 0 Å². The zero-order valence-electron chi connectivity index (χ0n) is 20.0. The third-order valence-electron chi connectivity index (χ3n) is 6.65. The topological polar surface area (TPSA) is 64.1 Å². The van der Waals surface area contributed by atoms with Crippen molar-refractivity contribution in [2.75, 3.05) is 12.4 Å². The summed E-state index contributed by atoms with van der Waals surface area (Å²) in [5.41, 5.74) is 6.57. The fourth-order valence-corrected chi connectivity index (χ4v) is 4.84. The number of fused-ring (bicyclic) bond motifs is 4. The number of methoxy groups -OCH3 is 1. The van der Waals surface area contributed by atoms with E-state index >= 15 is 0 Å². The minimum atomic E-state index is -0.113. The molecule has 0 saturated heterocycles. The van der Waals surface area contributed by atoms with Crippen LogP contribution in [0, 0.1) is 0 Å². The molecule has 176 valence electrons. The van der Waals surface area contributed by atoms with Crippen molar-refractivity contribution < 1.29 is 9.53 Å². The molecule has 0 radical (unpaired) electrons. The van der Waals surface area contributed by atoms with Crippen LogP contribution in [-0.2, 0) is 24.1 Å². The summed E-state index contributed by atoms with van der Waals surface area (Å²) in [5.74, 6) is 1.23. The van der Waals surface area contributed by atoms with Gasteiger partial charge >= 0.3 is 0 Å². The van der Waals surface area contributed by atoms with Crippen LogP contribution < -0.4 is 10.1 Å². The molecule has 6 rings (SSSR count). The van der Waals surface area contributed by atoms with Crippen molar-refractivity contribution in [3.63, 3.8) is 0 Å². The largest absolute Gasteiger partial charge is 0.497 e. The molecule has 1 N–H and O–H groups in total. The van der Waals surface area contributed by atoms with Crippen molar-refractivity contribution in [2.24, 2.45) is 0 Å². The lowest BCUT2D eigenvalue weighted by Crippen LogP contribution is -2.19. The van der Waals surface area contributed by atoms with Crippen LogP contribution in [-0.4, -0.2) is 23.0 Å². The van der Waals surface area contributed by atoms with E-state index in [9.17, 15) is 4.79 Å². The molecule has 1 aliphatic rings. The van der Waals surface area contributed by atoms with Crippen LogP contribution in [0.5, 0.6) is 5.75 Å². The molecule has 0 aliphatic heterocycles. The molecule has 4 aromatic carbocycles. The number of aryl methyl sites for hydroxylation is 2. The standard InChI is InChI=1S/C31H25N3O2/c1-36-25-14-15-26-24(19-25)13-16-27-30(26)34-29(22-8-3-2-4-9-22)31(32-27)33-28(35)18-20-11-12-21-7-5-6-10-23(21)17-20/h2-12,14-15,17,19H,13,16,18H2,1H3,(H,32,33,35). The molecule has 0 fully saturated rings. The lowest BCUT2D eigenvalue weighted by atomic mass is 9.91. The summed E-state index contributed by atoms with van der Waals surface area (Å²) in [6, 6.07) is 30.2. The van der Waals surface area contributed by atoms with Gasteiger partial charge < -0.3 is 10.1 Å². The summed E-state index contributed by atoms with van der Waals surface area (Å²) in [6.45, 7) is 0. The summed E-state index contributed by atoms with van der Waals surface area (Å²) in [7, 11) is 1.68. The van der Waals surface area contributed by atoms with E-state index in [0.717, 1.165) is 57.4 Å². The number of rotatable bonds is 5. The number of benzene rings is 4. The number of amides is 1. The van der Waals surface area contributed by atoms with Crippen molar-refractivity contribution in [3.8, 4) is 28.3 Å². The van der Waals surface area contributed by atoms with Gasteiger partial charge in [-0.05, 0) is 52.9 Å². The summed E-state index contributed by atoms with van der Waals surface area (Å²) in [6.07, 6.45) is 1.87. The molecule has 1 aromatic heterocycles. The maximum atomic E-state index is 13.1. The molecular formula is C31H25N3O2. The summed E-state index contributed by atoms with van der Waals surface area (Å²) in [5, 5.41) is 5.35. The number of aromatic nitrogens is 2. The number of nitrogens with one attached hydrogen (secondary N) is 1. The Morgan fingerprint density at radius 1 is 0.833 bits per heavy atom. The van der Waals surface area contributed by atoms with Crippen molar-refractivity contribution in [1.82, 2.24) is 9.97 Å². The summed E-state index contributed by atoms with van der Waals surface area (Å²) >= 11 is 0. The van der Waals surface area contributed by atoms with Crippen molar-refractivity contribution in [1.29, 1.82) is 0 Å². The molecule has 5 aromatic rings. The average molecular weight is 472 g/mol. The Hall–Kier alpha value is -4.51. The minimum Gasteiger partial charge on any atom is -0.497 e. The van der Waals surface area contributed by atoms with Crippen molar-refractivity contribution >= 4 is 22.5 Å². The van der Waals surface area contributed by atoms with E-state index in [2.05, 4.69) is 35.6 Å². The first kappa shape index (κ1) is 22.0. The second kappa shape index (κ2) is 9.27. The van der Waals surface area contributed by atoms with E-state index in [0.29, 0.717) is 11.5 Å². The highest BCUT2D eigenvalue weighted by Crippen LogP contribution is 2.37. The number of hydrogen-bond donors (Lipinski definition) is 1. The lowest BCUT2D eigenvalue weighted by molar-refractivity contribution is -0.115. The van der Waals surface area contributed by atoms with E-state index in [-0.39, 0.29) is 12.3 Å². The van der Waals surface area contributed by atoms with Crippen molar-refractivity contribution in [3.05, 3.63) is 108 Å². The Morgan fingerprint density at radius 3 is 2.47 bits per heavy atom. The van der Waals surface area contributed by atoms with Gasteiger partial charge in [0.2, 0.25) is 5.91 Å². The molecule has 0 atom stereocenters. The molecule has 0 spiro atoms. The highest BCUT2D eigenvalue weighted by Gasteiger charge is 2.23. The summed E-state index contributed by atoms with van der Waals surface area (Å²) in [4.78, 5) is 23.1. The first-order chi connectivity index (χ1) is 17.7. The Bertz CT molecular complexity index is 1600. The highest BCUT2D eigenvalue weighted by molar-refractivity contribution is 5.96. The first-order valence-electron chi connectivity index (χ1n) is 12.1. The van der Waals surface area contributed by atoms with Crippen LogP contribution in [0.1, 0.15) is 16.8 Å². The zero-order valence-corrected chi connectivity index (χ0v) is 20.0. The molecule has 1 amide bonds. The fourth-order valence-electron chi connectivity index (χ4n) is 4.84. The molecular weight excluding hydrogens is 446 g/mol. The Balaban J connectivity index is 1.36. The Kier molecular flexibility index (Phi) is 5.66. The maximum Gasteiger partial charge on any atom is 0.230 e. The molecule has 5 nitrogen and oxygen atoms in total. The monoisotopic (exact) mass is 471 g/mol. The number of hydrogen-bond acceptors (Lipinski definition) is 4. The van der Waals surface area contributed by atoms with Gasteiger partial charge in [0.05, 0.1) is 24.9 Å². The molecule has 0 unspecified atom stereocenters. The van der Waals surface area contributed by atoms with Crippen LogP contribution in [0.4, 0.5) is 5.82 Å². The van der Waals surface area contributed by atoms with Crippen LogP contribution in [0.15, 0.2) is 91.0 Å². The summed E-state index contributed by atoms with van der Waals surface area (Å²) < 4.78 is 5.41. The molecule has 5 heteroatoms. The Labute approximate surface area is 209 Å². The predicted molar refractivity (Wildman–Crippen MR) is 143 cm³/mol. The van der Waals surface area contributed by atoms with E-state index in [1.165, 1.54) is 5.56 Å². The second-order valence-electron chi connectivity index (χ2n) is 9.01. The van der Waals surface area contributed by atoms with E-state index in [1.807, 2.05) is 60.7 Å². The minimum absolute atomic E-state index is 0.113. The van der Waals surface area contributed by atoms with Crippen LogP contribution in [0.25, 0.3) is 33.3 Å². The number of anilines is 1. The SMILES string of the molecule is COc1ccc2c(c1)CCc1nc(NC(=O)Cc3ccc4ccccc4c3)c(-c3ccccc3)nc1-2. The lowest BCUT2D eigenvalue weighted by Gasteiger charge is -2.21. The normalized spacial score (nSPS) is 12.0. The van der Waals surface area contributed by atoms with Crippen molar-refractivity contribution in [2.45, 2.75) is 19.3 Å².